The van der Waals surface area contributed by atoms with Crippen molar-refractivity contribution in [3.05, 3.63) is 11.6 Å². The Morgan fingerprint density at radius 2 is 1.86 bits per heavy atom. The van der Waals surface area contributed by atoms with Crippen LogP contribution in [0.25, 0.3) is 0 Å². The second-order valence-electron chi connectivity index (χ2n) is 13.8. The first-order chi connectivity index (χ1) is 20.3. The van der Waals surface area contributed by atoms with Crippen LogP contribution in [0.3, 0.4) is 0 Å². The number of aliphatic carboxylic acids is 1. The summed E-state index contributed by atoms with van der Waals surface area (Å²) in [4.78, 5) is 42.5. The molecule has 10 heteroatoms. The predicted molar refractivity (Wildman–Crippen MR) is 168 cm³/mol. The minimum Gasteiger partial charge on any atom is -0.480 e. The van der Waals surface area contributed by atoms with E-state index in [0.29, 0.717) is 36.3 Å². The molecule has 4 aliphatic carbocycles. The van der Waals surface area contributed by atoms with E-state index in [2.05, 4.69) is 41.6 Å². The van der Waals surface area contributed by atoms with Gasteiger partial charge in [-0.25, -0.2) is 4.79 Å². The van der Waals surface area contributed by atoms with Crippen molar-refractivity contribution in [1.29, 1.82) is 0 Å². The number of carboxylic acids is 1. The number of rotatable bonds is 11. The van der Waals surface area contributed by atoms with Gasteiger partial charge >= 0.3 is 5.97 Å². The smallest absolute Gasteiger partial charge is 0.326 e. The SMILES string of the molecule is C#C[C@@]1(O)CC[C@H]2[C@@H]3CCC4=C/C(=N\OCC(=O)N[C@@H](C(=O)N[C@@H](CCSC)C(=O)O)C(C)C)CC[C@]4(C)[C@H]3CC[C@@]21C. The van der Waals surface area contributed by atoms with Crippen molar-refractivity contribution in [3.63, 3.8) is 0 Å². The van der Waals surface area contributed by atoms with E-state index >= 15 is 0 Å². The summed E-state index contributed by atoms with van der Waals surface area (Å²) in [6.45, 7) is 7.84. The molecule has 0 aromatic carbocycles. The Morgan fingerprint density at radius 1 is 1.14 bits per heavy atom. The lowest BCUT2D eigenvalue weighted by Crippen LogP contribution is -2.54. The van der Waals surface area contributed by atoms with Crippen LogP contribution < -0.4 is 10.6 Å². The molecule has 8 atom stereocenters. The third-order valence-electron chi connectivity index (χ3n) is 11.2. The molecule has 43 heavy (non-hydrogen) atoms. The van der Waals surface area contributed by atoms with Crippen molar-refractivity contribution in [2.45, 2.75) is 103 Å². The number of hydrogen-bond donors (Lipinski definition) is 4. The van der Waals surface area contributed by atoms with Crippen LogP contribution in [0.15, 0.2) is 16.8 Å². The van der Waals surface area contributed by atoms with Gasteiger partial charge in [0.05, 0.1) is 5.71 Å². The van der Waals surface area contributed by atoms with Crippen molar-refractivity contribution in [2.24, 2.45) is 39.7 Å². The summed E-state index contributed by atoms with van der Waals surface area (Å²) >= 11 is 1.50. The standard InChI is InChI=1S/C33H49N3O6S/c1-7-33(41)16-12-25-23-9-8-21-18-22(10-14-31(21,4)24(23)11-15-32(25,33)5)36-42-19-27(37)35-28(20(2)3)29(38)34-26(30(39)40)13-17-43-6/h1,18,20,23-26,28,41H,8-17,19H2,2-6H3,(H,34,38)(H,35,37)(H,39,40)/b36-22-/t23-,24+,25+,26+,28-,31+,32+,33-/m1/s1. The van der Waals surface area contributed by atoms with Gasteiger partial charge in [-0.3, -0.25) is 9.59 Å². The van der Waals surface area contributed by atoms with Gasteiger partial charge in [-0.15, -0.1) is 6.42 Å². The van der Waals surface area contributed by atoms with Crippen molar-refractivity contribution < 1.29 is 29.4 Å². The number of carbonyl (C=O) groups is 3. The molecule has 0 bridgehead atoms. The van der Waals surface area contributed by atoms with Gasteiger partial charge < -0.3 is 25.7 Å². The Morgan fingerprint density at radius 3 is 2.51 bits per heavy atom. The molecule has 0 heterocycles. The number of nitrogens with one attached hydrogen (secondary N) is 2. The number of allylic oxidation sites excluding steroid dienone is 2. The van der Waals surface area contributed by atoms with Gasteiger partial charge in [0.2, 0.25) is 5.91 Å². The molecule has 238 valence electrons. The lowest BCUT2D eigenvalue weighted by Gasteiger charge is -2.58. The zero-order valence-electron chi connectivity index (χ0n) is 26.3. The minimum atomic E-state index is -1.10. The van der Waals surface area contributed by atoms with Crippen molar-refractivity contribution in [3.8, 4) is 12.3 Å². The molecule has 3 fully saturated rings. The van der Waals surface area contributed by atoms with E-state index in [-0.39, 0.29) is 23.4 Å². The molecule has 4 aliphatic rings. The lowest BCUT2D eigenvalue weighted by atomic mass is 9.46. The molecular formula is C33H49N3O6S. The molecule has 9 nitrogen and oxygen atoms in total. The summed E-state index contributed by atoms with van der Waals surface area (Å²) in [5.74, 6) is 2.55. The highest BCUT2D eigenvalue weighted by atomic mass is 32.2. The quantitative estimate of drug-likeness (QED) is 0.202. The summed E-state index contributed by atoms with van der Waals surface area (Å²) in [7, 11) is 0. The highest BCUT2D eigenvalue weighted by Crippen LogP contribution is 2.67. The van der Waals surface area contributed by atoms with E-state index < -0.39 is 35.5 Å². The normalized spacial score (nSPS) is 35.4. The van der Waals surface area contributed by atoms with E-state index in [1.807, 2.05) is 6.26 Å². The molecule has 4 rings (SSSR count). The Labute approximate surface area is 260 Å². The maximum Gasteiger partial charge on any atom is 0.326 e. The Kier molecular flexibility index (Phi) is 10.3. The number of aliphatic hydroxyl groups is 1. The molecule has 0 aromatic heterocycles. The fourth-order valence-electron chi connectivity index (χ4n) is 8.57. The van der Waals surface area contributed by atoms with Crippen LogP contribution in [0.1, 0.15) is 85.5 Å². The monoisotopic (exact) mass is 615 g/mol. The molecule has 2 amide bonds. The number of hydrogen-bond acceptors (Lipinski definition) is 7. The van der Waals surface area contributed by atoms with Crippen LogP contribution >= 0.6 is 11.8 Å². The van der Waals surface area contributed by atoms with E-state index in [9.17, 15) is 24.6 Å². The van der Waals surface area contributed by atoms with Crippen LogP contribution in [-0.4, -0.2) is 70.0 Å². The maximum absolute atomic E-state index is 12.8. The van der Waals surface area contributed by atoms with Crippen LogP contribution in [0.5, 0.6) is 0 Å². The molecule has 3 saturated carbocycles. The van der Waals surface area contributed by atoms with E-state index in [1.165, 1.54) is 17.3 Å². The summed E-state index contributed by atoms with van der Waals surface area (Å²) in [6.07, 6.45) is 17.6. The van der Waals surface area contributed by atoms with E-state index in [0.717, 1.165) is 50.7 Å². The number of carbonyl (C=O) groups excluding carboxylic acids is 2. The third kappa shape index (κ3) is 6.49. The van der Waals surface area contributed by atoms with Gasteiger partial charge in [-0.2, -0.15) is 11.8 Å². The Hall–Kier alpha value is -2.51. The number of nitrogens with zero attached hydrogens (tertiary/aromatic N) is 1. The van der Waals surface area contributed by atoms with Crippen LogP contribution in [0.2, 0.25) is 0 Å². The largest absolute Gasteiger partial charge is 0.480 e. The average Bonchev–Trinajstić information content (AvgIpc) is 3.24. The molecule has 0 aliphatic heterocycles. The predicted octanol–water partition coefficient (Wildman–Crippen LogP) is 4.15. The number of amides is 2. The fourth-order valence-corrected chi connectivity index (χ4v) is 9.05. The zero-order chi connectivity index (χ0) is 31.6. The van der Waals surface area contributed by atoms with Gasteiger partial charge in [-0.1, -0.05) is 44.3 Å². The average molecular weight is 616 g/mol. The first-order valence-electron chi connectivity index (χ1n) is 15.7. The van der Waals surface area contributed by atoms with Crippen molar-refractivity contribution in [1.82, 2.24) is 10.6 Å². The highest BCUT2D eigenvalue weighted by Gasteiger charge is 2.63. The van der Waals surface area contributed by atoms with Gasteiger partial charge in [0, 0.05) is 5.41 Å². The third-order valence-corrected chi connectivity index (χ3v) is 11.9. The Balaban J connectivity index is 1.34. The minimum absolute atomic E-state index is 0.0823. The van der Waals surface area contributed by atoms with Gasteiger partial charge in [0.1, 0.15) is 17.7 Å². The second-order valence-corrected chi connectivity index (χ2v) is 14.8. The van der Waals surface area contributed by atoms with Gasteiger partial charge in [0.25, 0.3) is 5.91 Å². The van der Waals surface area contributed by atoms with Crippen molar-refractivity contribution in [2.75, 3.05) is 18.6 Å². The summed E-state index contributed by atoms with van der Waals surface area (Å²) in [5, 5.41) is 30.2. The van der Waals surface area contributed by atoms with Crippen LogP contribution in [0, 0.1) is 46.8 Å². The zero-order valence-corrected chi connectivity index (χ0v) is 27.1. The topological polar surface area (TPSA) is 137 Å². The number of fused-ring (bicyclic) bond motifs is 5. The molecule has 0 radical (unpaired) electrons. The molecule has 0 unspecified atom stereocenters. The Bertz CT molecular complexity index is 1200. The number of thioether (sulfide) groups is 1. The van der Waals surface area contributed by atoms with Gasteiger partial charge in [0.15, 0.2) is 6.61 Å². The van der Waals surface area contributed by atoms with Gasteiger partial charge in [-0.05, 0) is 105 Å². The lowest BCUT2D eigenvalue weighted by molar-refractivity contribution is -0.142. The molecule has 0 aromatic rings. The first kappa shape index (κ1) is 33.4. The second kappa shape index (κ2) is 13.2. The molecule has 4 N–H and O–H groups in total. The number of oxime groups is 1. The van der Waals surface area contributed by atoms with Crippen molar-refractivity contribution >= 4 is 35.3 Å². The number of carboxylic acid groups (broad SMARTS) is 1. The molecule has 0 saturated heterocycles. The summed E-state index contributed by atoms with van der Waals surface area (Å²) in [6, 6.07) is -1.90. The maximum atomic E-state index is 12.8. The first-order valence-corrected chi connectivity index (χ1v) is 17.1. The van der Waals surface area contributed by atoms with E-state index in [1.54, 1.807) is 13.8 Å². The summed E-state index contributed by atoms with van der Waals surface area (Å²) < 4.78 is 0. The van der Waals surface area contributed by atoms with Crippen LogP contribution in [0.4, 0.5) is 0 Å². The van der Waals surface area contributed by atoms with Crippen LogP contribution in [-0.2, 0) is 19.2 Å². The molecular weight excluding hydrogens is 566 g/mol. The number of terminal acetylenes is 1. The van der Waals surface area contributed by atoms with E-state index in [4.69, 9.17) is 11.3 Å². The fraction of sp³-hybridized carbons (Fsp3) is 0.758. The highest BCUT2D eigenvalue weighted by molar-refractivity contribution is 7.98. The summed E-state index contributed by atoms with van der Waals surface area (Å²) in [5.41, 5.74) is 1.09. The molecule has 0 spiro atoms.